The summed E-state index contributed by atoms with van der Waals surface area (Å²) < 4.78 is 0. The number of nitro benzene ring substituents is 1. The van der Waals surface area contributed by atoms with Gasteiger partial charge in [0.15, 0.2) is 0 Å². The van der Waals surface area contributed by atoms with E-state index in [9.17, 15) is 14.9 Å². The van der Waals surface area contributed by atoms with Crippen LogP contribution in [0.2, 0.25) is 0 Å². The van der Waals surface area contributed by atoms with E-state index in [0.717, 1.165) is 12.1 Å². The molecule has 0 atom stereocenters. The van der Waals surface area contributed by atoms with E-state index in [2.05, 4.69) is 16.0 Å². The molecule has 1 rings (SSSR count). The molecule has 0 aliphatic carbocycles. The molecule has 8 heteroatoms. The molecule has 0 saturated carbocycles. The Morgan fingerprint density at radius 2 is 1.91 bits per heavy atom. The SMILES string of the molecule is CC(C)(CO)NCC(=O)NCCCNc1ccc([N+](=O)[O-])cc1. The first-order valence-electron chi connectivity index (χ1n) is 7.45. The molecule has 1 aromatic carbocycles. The molecule has 0 radical (unpaired) electrons. The van der Waals surface area contributed by atoms with Crippen molar-refractivity contribution in [1.82, 2.24) is 10.6 Å². The second-order valence-electron chi connectivity index (χ2n) is 5.83. The third-order valence-corrected chi connectivity index (χ3v) is 3.21. The highest BCUT2D eigenvalue weighted by Gasteiger charge is 2.16. The monoisotopic (exact) mass is 324 g/mol. The summed E-state index contributed by atoms with van der Waals surface area (Å²) in [6, 6.07) is 6.19. The van der Waals surface area contributed by atoms with Crippen molar-refractivity contribution in [1.29, 1.82) is 0 Å². The van der Waals surface area contributed by atoms with Crippen LogP contribution >= 0.6 is 0 Å². The molecule has 0 spiro atoms. The number of nitro groups is 1. The van der Waals surface area contributed by atoms with Gasteiger partial charge < -0.3 is 21.1 Å². The lowest BCUT2D eigenvalue weighted by molar-refractivity contribution is -0.384. The fraction of sp³-hybridized carbons (Fsp3) is 0.533. The molecule has 1 aromatic rings. The number of aliphatic hydroxyl groups is 1. The molecule has 4 N–H and O–H groups in total. The van der Waals surface area contributed by atoms with Crippen LogP contribution in [-0.4, -0.2) is 47.7 Å². The van der Waals surface area contributed by atoms with Crippen molar-refractivity contribution < 1.29 is 14.8 Å². The second-order valence-corrected chi connectivity index (χ2v) is 5.83. The Morgan fingerprint density at radius 1 is 1.26 bits per heavy atom. The Balaban J connectivity index is 2.15. The Kier molecular flexibility index (Phi) is 7.43. The normalized spacial score (nSPS) is 11.1. The summed E-state index contributed by atoms with van der Waals surface area (Å²) in [4.78, 5) is 21.7. The number of aliphatic hydroxyl groups excluding tert-OH is 1. The van der Waals surface area contributed by atoms with Gasteiger partial charge in [-0.1, -0.05) is 0 Å². The molecule has 1 amide bonds. The lowest BCUT2D eigenvalue weighted by Gasteiger charge is -2.23. The number of amides is 1. The number of nitrogens with zero attached hydrogens (tertiary/aromatic N) is 1. The number of carbonyl (C=O) groups excluding carboxylic acids is 1. The first-order chi connectivity index (χ1) is 10.8. The Hall–Kier alpha value is -2.19. The summed E-state index contributed by atoms with van der Waals surface area (Å²) in [7, 11) is 0. The van der Waals surface area contributed by atoms with Crippen molar-refractivity contribution in [3.05, 3.63) is 34.4 Å². The molecule has 0 bridgehead atoms. The minimum Gasteiger partial charge on any atom is -0.394 e. The predicted octanol–water partition coefficient (Wildman–Crippen LogP) is 0.873. The van der Waals surface area contributed by atoms with Crippen LogP contribution in [0.25, 0.3) is 0 Å². The van der Waals surface area contributed by atoms with Crippen molar-refractivity contribution in [2.75, 3.05) is 31.6 Å². The van der Waals surface area contributed by atoms with Gasteiger partial charge in [0.2, 0.25) is 5.91 Å². The van der Waals surface area contributed by atoms with Gasteiger partial charge in [0, 0.05) is 36.4 Å². The van der Waals surface area contributed by atoms with Gasteiger partial charge in [0.05, 0.1) is 18.1 Å². The van der Waals surface area contributed by atoms with E-state index >= 15 is 0 Å². The zero-order valence-corrected chi connectivity index (χ0v) is 13.5. The van der Waals surface area contributed by atoms with E-state index in [-0.39, 0.29) is 24.7 Å². The standard InChI is InChI=1S/C15H24N4O4/c1-15(2,11-20)18-10-14(21)17-9-3-8-16-12-4-6-13(7-5-12)19(22)23/h4-7,16,18,20H,3,8-11H2,1-2H3,(H,17,21). The highest BCUT2D eigenvalue weighted by molar-refractivity contribution is 5.78. The molecule has 0 saturated heterocycles. The molecule has 0 aliphatic heterocycles. The zero-order chi connectivity index (χ0) is 17.3. The lowest BCUT2D eigenvalue weighted by atomic mass is 10.1. The van der Waals surface area contributed by atoms with Crippen molar-refractivity contribution in [2.45, 2.75) is 25.8 Å². The van der Waals surface area contributed by atoms with Gasteiger partial charge in [-0.05, 0) is 32.4 Å². The van der Waals surface area contributed by atoms with E-state index < -0.39 is 10.5 Å². The summed E-state index contributed by atoms with van der Waals surface area (Å²) in [5, 5.41) is 28.5. The smallest absolute Gasteiger partial charge is 0.269 e. The number of hydrogen-bond donors (Lipinski definition) is 4. The van der Waals surface area contributed by atoms with Gasteiger partial charge in [-0.3, -0.25) is 14.9 Å². The number of rotatable bonds is 10. The fourth-order valence-electron chi connectivity index (χ4n) is 1.69. The van der Waals surface area contributed by atoms with Crippen molar-refractivity contribution in [2.24, 2.45) is 0 Å². The number of carbonyl (C=O) groups is 1. The average Bonchev–Trinajstić information content (AvgIpc) is 2.53. The van der Waals surface area contributed by atoms with Crippen LogP contribution in [0.5, 0.6) is 0 Å². The minimum atomic E-state index is -0.477. The molecular weight excluding hydrogens is 300 g/mol. The molecule has 0 fully saturated rings. The van der Waals surface area contributed by atoms with Crippen LogP contribution in [0.4, 0.5) is 11.4 Å². The number of hydrogen-bond acceptors (Lipinski definition) is 6. The second kappa shape index (κ2) is 9.06. The fourth-order valence-corrected chi connectivity index (χ4v) is 1.69. The molecule has 0 aromatic heterocycles. The maximum Gasteiger partial charge on any atom is 0.269 e. The first-order valence-corrected chi connectivity index (χ1v) is 7.45. The molecule has 0 heterocycles. The van der Waals surface area contributed by atoms with Gasteiger partial charge in [-0.2, -0.15) is 0 Å². The topological polar surface area (TPSA) is 117 Å². The van der Waals surface area contributed by atoms with Gasteiger partial charge in [-0.25, -0.2) is 0 Å². The van der Waals surface area contributed by atoms with Gasteiger partial charge in [0.25, 0.3) is 5.69 Å². The van der Waals surface area contributed by atoms with E-state index in [1.54, 1.807) is 12.1 Å². The zero-order valence-electron chi connectivity index (χ0n) is 13.5. The van der Waals surface area contributed by atoms with Crippen LogP contribution in [0, 0.1) is 10.1 Å². The van der Waals surface area contributed by atoms with Crippen LogP contribution < -0.4 is 16.0 Å². The van der Waals surface area contributed by atoms with Crippen LogP contribution in [0.1, 0.15) is 20.3 Å². The maximum atomic E-state index is 11.6. The van der Waals surface area contributed by atoms with Crippen LogP contribution in [-0.2, 0) is 4.79 Å². The number of benzene rings is 1. The highest BCUT2D eigenvalue weighted by Crippen LogP contribution is 2.15. The third-order valence-electron chi connectivity index (χ3n) is 3.21. The van der Waals surface area contributed by atoms with E-state index in [1.807, 2.05) is 13.8 Å². The molecular formula is C15H24N4O4. The first kappa shape index (κ1) is 18.9. The summed E-state index contributed by atoms with van der Waals surface area (Å²) in [5.41, 5.74) is 0.379. The predicted molar refractivity (Wildman–Crippen MR) is 88.4 cm³/mol. The summed E-state index contributed by atoms with van der Waals surface area (Å²) in [5.74, 6) is -0.123. The largest absolute Gasteiger partial charge is 0.394 e. The van der Waals surface area contributed by atoms with E-state index in [4.69, 9.17) is 5.11 Å². The maximum absolute atomic E-state index is 11.6. The number of non-ortho nitro benzene ring substituents is 1. The summed E-state index contributed by atoms with van der Waals surface area (Å²) >= 11 is 0. The number of nitrogens with one attached hydrogen (secondary N) is 3. The molecule has 23 heavy (non-hydrogen) atoms. The molecule has 8 nitrogen and oxygen atoms in total. The van der Waals surface area contributed by atoms with Gasteiger partial charge >= 0.3 is 0 Å². The van der Waals surface area contributed by atoms with Crippen molar-refractivity contribution in [3.8, 4) is 0 Å². The lowest BCUT2D eigenvalue weighted by Crippen LogP contribution is -2.47. The molecule has 0 aliphatic rings. The van der Waals surface area contributed by atoms with Crippen molar-refractivity contribution in [3.63, 3.8) is 0 Å². The molecule has 0 unspecified atom stereocenters. The average molecular weight is 324 g/mol. The summed E-state index contributed by atoms with van der Waals surface area (Å²) in [6.07, 6.45) is 0.728. The Bertz CT molecular complexity index is 517. The molecule has 128 valence electrons. The Morgan fingerprint density at radius 3 is 2.48 bits per heavy atom. The minimum absolute atomic E-state index is 0.0422. The highest BCUT2D eigenvalue weighted by atomic mass is 16.6. The van der Waals surface area contributed by atoms with Crippen LogP contribution in [0.15, 0.2) is 24.3 Å². The van der Waals surface area contributed by atoms with E-state index in [1.165, 1.54) is 12.1 Å². The van der Waals surface area contributed by atoms with Gasteiger partial charge in [-0.15, -0.1) is 0 Å². The van der Waals surface area contributed by atoms with Crippen molar-refractivity contribution >= 4 is 17.3 Å². The van der Waals surface area contributed by atoms with E-state index in [0.29, 0.717) is 13.1 Å². The van der Waals surface area contributed by atoms with Crippen LogP contribution in [0.3, 0.4) is 0 Å². The quantitative estimate of drug-likeness (QED) is 0.288. The number of anilines is 1. The third kappa shape index (κ3) is 7.57. The van der Waals surface area contributed by atoms with Gasteiger partial charge in [0.1, 0.15) is 0 Å². The Labute approximate surface area is 135 Å². The summed E-state index contributed by atoms with van der Waals surface area (Å²) in [6.45, 7) is 4.92.